The minimum Gasteiger partial charge on any atom is -0.312 e. The molecule has 0 aliphatic carbocycles. The van der Waals surface area contributed by atoms with Crippen LogP contribution in [0.3, 0.4) is 0 Å². The molecule has 5 heteroatoms. The van der Waals surface area contributed by atoms with E-state index in [0.717, 1.165) is 32.7 Å². The van der Waals surface area contributed by atoms with Crippen LogP contribution in [0, 0.1) is 0 Å². The molecule has 0 saturated carbocycles. The fourth-order valence-corrected chi connectivity index (χ4v) is 2.92. The first-order chi connectivity index (χ1) is 9.28. The summed E-state index contributed by atoms with van der Waals surface area (Å²) in [7, 11) is 0. The second-order valence-corrected chi connectivity index (χ2v) is 5.37. The van der Waals surface area contributed by atoms with Crippen molar-refractivity contribution in [3.63, 3.8) is 0 Å². The number of fused-ring (bicyclic) bond motifs is 1. The summed E-state index contributed by atoms with van der Waals surface area (Å²) >= 11 is 0. The van der Waals surface area contributed by atoms with E-state index < -0.39 is 0 Å². The number of hydrogen-bond donors (Lipinski definition) is 1. The molecule has 110 valence electrons. The van der Waals surface area contributed by atoms with Crippen LogP contribution in [0.1, 0.15) is 19.5 Å². The number of aromatic nitrogens is 2. The Kier molecular flexibility index (Phi) is 5.02. The Labute approximate surface area is 126 Å². The van der Waals surface area contributed by atoms with Gasteiger partial charge in [-0.15, -0.1) is 12.4 Å². The number of piperazine rings is 1. The maximum atomic E-state index is 4.78. The third-order valence-electron chi connectivity index (χ3n) is 3.86. The summed E-state index contributed by atoms with van der Waals surface area (Å²) in [5, 5.41) is 9.57. The van der Waals surface area contributed by atoms with Crippen molar-refractivity contribution in [3.8, 4) is 0 Å². The van der Waals surface area contributed by atoms with Crippen LogP contribution in [0.5, 0.6) is 0 Å². The van der Waals surface area contributed by atoms with E-state index in [1.54, 1.807) is 0 Å². The van der Waals surface area contributed by atoms with Gasteiger partial charge in [0.15, 0.2) is 0 Å². The van der Waals surface area contributed by atoms with Gasteiger partial charge in [0, 0.05) is 44.2 Å². The molecule has 0 unspecified atom stereocenters. The first kappa shape index (κ1) is 15.3. The smallest absolute Gasteiger partial charge is 0.0843 e. The summed E-state index contributed by atoms with van der Waals surface area (Å²) < 4.78 is 2.11. The number of hydrogen-bond acceptors (Lipinski definition) is 3. The van der Waals surface area contributed by atoms with E-state index in [9.17, 15) is 0 Å². The van der Waals surface area contributed by atoms with E-state index >= 15 is 0 Å². The van der Waals surface area contributed by atoms with Gasteiger partial charge in [-0.25, -0.2) is 0 Å². The summed E-state index contributed by atoms with van der Waals surface area (Å²) in [6, 6.07) is 9.12. The van der Waals surface area contributed by atoms with Gasteiger partial charge in [-0.2, -0.15) is 5.10 Å². The molecule has 2 heterocycles. The van der Waals surface area contributed by atoms with Crippen molar-refractivity contribution in [1.82, 2.24) is 20.0 Å². The van der Waals surface area contributed by atoms with Gasteiger partial charge in [0.25, 0.3) is 0 Å². The Morgan fingerprint density at radius 1 is 1.35 bits per heavy atom. The van der Waals surface area contributed by atoms with Crippen LogP contribution < -0.4 is 5.32 Å². The molecule has 1 fully saturated rings. The van der Waals surface area contributed by atoms with Crippen LogP contribution in [0.2, 0.25) is 0 Å². The third-order valence-corrected chi connectivity index (χ3v) is 3.86. The van der Waals surface area contributed by atoms with E-state index in [2.05, 4.69) is 53.0 Å². The van der Waals surface area contributed by atoms with Crippen LogP contribution in [-0.4, -0.2) is 40.4 Å². The third kappa shape index (κ3) is 2.97. The molecule has 0 amide bonds. The summed E-state index contributed by atoms with van der Waals surface area (Å²) in [4.78, 5) is 2.50. The normalized spacial score (nSPS) is 20.0. The number of para-hydroxylation sites is 1. The molecule has 1 atom stereocenters. The van der Waals surface area contributed by atoms with Crippen molar-refractivity contribution in [1.29, 1.82) is 0 Å². The van der Waals surface area contributed by atoms with Gasteiger partial charge >= 0.3 is 0 Å². The molecule has 1 aliphatic heterocycles. The second-order valence-electron chi connectivity index (χ2n) is 5.37. The van der Waals surface area contributed by atoms with Crippen molar-refractivity contribution >= 4 is 23.3 Å². The van der Waals surface area contributed by atoms with Crippen molar-refractivity contribution < 1.29 is 0 Å². The fourth-order valence-electron chi connectivity index (χ4n) is 2.92. The van der Waals surface area contributed by atoms with Crippen LogP contribution in [0.15, 0.2) is 24.3 Å². The maximum absolute atomic E-state index is 4.78. The van der Waals surface area contributed by atoms with E-state index in [-0.39, 0.29) is 12.4 Å². The Morgan fingerprint density at radius 2 is 2.15 bits per heavy atom. The molecule has 0 spiro atoms. The van der Waals surface area contributed by atoms with E-state index in [1.807, 2.05) is 0 Å². The van der Waals surface area contributed by atoms with Gasteiger partial charge in [0.2, 0.25) is 0 Å². The minimum atomic E-state index is 0. The predicted octanol–water partition coefficient (Wildman–Crippen LogP) is 2.27. The van der Waals surface area contributed by atoms with Crippen molar-refractivity contribution in [2.45, 2.75) is 33.0 Å². The minimum absolute atomic E-state index is 0. The Hall–Kier alpha value is -1.10. The molecule has 1 aromatic heterocycles. The molecular weight excluding hydrogens is 272 g/mol. The van der Waals surface area contributed by atoms with E-state index in [4.69, 9.17) is 5.10 Å². The molecule has 3 rings (SSSR count). The number of aryl methyl sites for hydroxylation is 1. The SMILES string of the molecule is CCn1nc(CN2CCN[C@@H](C)C2)c2ccccc21.Cl. The second kappa shape index (κ2) is 6.57. The quantitative estimate of drug-likeness (QED) is 0.943. The molecule has 4 nitrogen and oxygen atoms in total. The molecule has 1 saturated heterocycles. The van der Waals surface area contributed by atoms with Gasteiger partial charge in [0.1, 0.15) is 0 Å². The van der Waals surface area contributed by atoms with E-state index in [0.29, 0.717) is 6.04 Å². The summed E-state index contributed by atoms with van der Waals surface area (Å²) in [5.41, 5.74) is 2.47. The number of halogens is 1. The zero-order chi connectivity index (χ0) is 13.2. The maximum Gasteiger partial charge on any atom is 0.0843 e. The topological polar surface area (TPSA) is 33.1 Å². The van der Waals surface area contributed by atoms with Gasteiger partial charge < -0.3 is 5.32 Å². The standard InChI is InChI=1S/C15H22N4.ClH/c1-3-19-15-7-5-4-6-13(15)14(17-19)11-18-9-8-16-12(2)10-18;/h4-7,12,16H,3,8-11H2,1-2H3;1H/t12-;/m0./s1. The predicted molar refractivity (Wildman–Crippen MR) is 85.4 cm³/mol. The summed E-state index contributed by atoms with van der Waals surface area (Å²) in [5.74, 6) is 0. The van der Waals surface area contributed by atoms with Crippen molar-refractivity contribution in [3.05, 3.63) is 30.0 Å². The van der Waals surface area contributed by atoms with Gasteiger partial charge in [-0.1, -0.05) is 18.2 Å². The highest BCUT2D eigenvalue weighted by Gasteiger charge is 2.18. The molecular formula is C15H23ClN4. The number of nitrogens with one attached hydrogen (secondary N) is 1. The van der Waals surface area contributed by atoms with Crippen LogP contribution >= 0.6 is 12.4 Å². The largest absolute Gasteiger partial charge is 0.312 e. The summed E-state index contributed by atoms with van der Waals surface area (Å²) in [6.07, 6.45) is 0. The van der Waals surface area contributed by atoms with Crippen molar-refractivity contribution in [2.24, 2.45) is 0 Å². The highest BCUT2D eigenvalue weighted by molar-refractivity contribution is 5.85. The lowest BCUT2D eigenvalue weighted by Crippen LogP contribution is -2.48. The summed E-state index contributed by atoms with van der Waals surface area (Å²) in [6.45, 7) is 9.57. The molecule has 1 aliphatic rings. The van der Waals surface area contributed by atoms with Gasteiger partial charge in [-0.3, -0.25) is 9.58 Å². The highest BCUT2D eigenvalue weighted by Crippen LogP contribution is 2.20. The van der Waals surface area contributed by atoms with Gasteiger partial charge in [-0.05, 0) is 19.9 Å². The Bertz CT molecular complexity index is 566. The van der Waals surface area contributed by atoms with E-state index in [1.165, 1.54) is 16.6 Å². The molecule has 2 aromatic rings. The average Bonchev–Trinajstić information content (AvgIpc) is 2.77. The number of benzene rings is 1. The average molecular weight is 295 g/mol. The Balaban J connectivity index is 0.00000147. The molecule has 1 N–H and O–H groups in total. The first-order valence-electron chi connectivity index (χ1n) is 7.18. The zero-order valence-electron chi connectivity index (χ0n) is 12.2. The number of nitrogens with zero attached hydrogens (tertiary/aromatic N) is 3. The fraction of sp³-hybridized carbons (Fsp3) is 0.533. The van der Waals surface area contributed by atoms with Crippen LogP contribution in [0.25, 0.3) is 10.9 Å². The zero-order valence-corrected chi connectivity index (χ0v) is 13.0. The molecule has 20 heavy (non-hydrogen) atoms. The first-order valence-corrected chi connectivity index (χ1v) is 7.18. The van der Waals surface area contributed by atoms with Crippen LogP contribution in [-0.2, 0) is 13.1 Å². The lowest BCUT2D eigenvalue weighted by molar-refractivity contribution is 0.198. The molecule has 1 aromatic carbocycles. The monoisotopic (exact) mass is 294 g/mol. The lowest BCUT2D eigenvalue weighted by atomic mass is 10.2. The van der Waals surface area contributed by atoms with Gasteiger partial charge in [0.05, 0.1) is 11.2 Å². The van der Waals surface area contributed by atoms with Crippen molar-refractivity contribution in [2.75, 3.05) is 19.6 Å². The molecule has 0 radical (unpaired) electrons. The lowest BCUT2D eigenvalue weighted by Gasteiger charge is -2.31. The highest BCUT2D eigenvalue weighted by atomic mass is 35.5. The number of rotatable bonds is 3. The molecule has 0 bridgehead atoms. The van der Waals surface area contributed by atoms with Crippen LogP contribution in [0.4, 0.5) is 0 Å². The Morgan fingerprint density at radius 3 is 2.90 bits per heavy atom.